The van der Waals surface area contributed by atoms with E-state index in [9.17, 15) is 0 Å². The summed E-state index contributed by atoms with van der Waals surface area (Å²) in [5.41, 5.74) is 1.33. The Labute approximate surface area is 91.8 Å². The van der Waals surface area contributed by atoms with Crippen LogP contribution in [0.2, 0.25) is 0 Å². The lowest BCUT2D eigenvalue weighted by Gasteiger charge is -2.06. The molecule has 0 amide bonds. The van der Waals surface area contributed by atoms with Crippen LogP contribution in [-0.2, 0) is 6.42 Å². The molecule has 1 atom stereocenters. The van der Waals surface area contributed by atoms with Gasteiger partial charge in [-0.25, -0.2) is 0 Å². The molecule has 0 aromatic heterocycles. The zero-order valence-electron chi connectivity index (χ0n) is 8.44. The molecule has 1 unspecified atom stereocenters. The molecular weight excluding hydrogens is 198 g/mol. The highest BCUT2D eigenvalue weighted by Crippen LogP contribution is 1.97. The molecule has 0 bridgehead atoms. The normalized spacial score (nSPS) is 11.9. The summed E-state index contributed by atoms with van der Waals surface area (Å²) in [6.45, 7) is 3.39. The molecule has 0 aliphatic heterocycles. The molecule has 0 fully saturated rings. The Morgan fingerprint density at radius 1 is 1.29 bits per heavy atom. The highest BCUT2D eigenvalue weighted by molar-refractivity contribution is 5.85. The highest BCUT2D eigenvalue weighted by Gasteiger charge is 1.94. The molecule has 3 heteroatoms. The van der Waals surface area contributed by atoms with Gasteiger partial charge in [0, 0.05) is 6.54 Å². The van der Waals surface area contributed by atoms with E-state index in [-0.39, 0.29) is 18.5 Å². The first-order chi connectivity index (χ1) is 6.29. The molecule has 1 aromatic rings. The van der Waals surface area contributed by atoms with Gasteiger partial charge >= 0.3 is 0 Å². The van der Waals surface area contributed by atoms with Crippen LogP contribution in [-0.4, -0.2) is 24.3 Å². The van der Waals surface area contributed by atoms with Crippen molar-refractivity contribution in [1.82, 2.24) is 5.32 Å². The molecule has 0 spiro atoms. The van der Waals surface area contributed by atoms with E-state index < -0.39 is 0 Å². The first-order valence-corrected chi connectivity index (χ1v) is 4.72. The van der Waals surface area contributed by atoms with Gasteiger partial charge in [-0.1, -0.05) is 30.3 Å². The summed E-state index contributed by atoms with van der Waals surface area (Å²) < 4.78 is 0. The summed E-state index contributed by atoms with van der Waals surface area (Å²) in [6.07, 6.45) is 0.767. The quantitative estimate of drug-likeness (QED) is 0.732. The third-order valence-electron chi connectivity index (χ3n) is 1.87. The van der Waals surface area contributed by atoms with Crippen molar-refractivity contribution in [2.24, 2.45) is 0 Å². The smallest absolute Gasteiger partial charge is 0.0636 e. The largest absolute Gasteiger partial charge is 0.392 e. The SMILES string of the molecule is CC(O)CNCCc1ccccc1.Cl. The predicted octanol–water partition coefficient (Wildman–Crippen LogP) is 1.62. The second kappa shape index (κ2) is 7.80. The van der Waals surface area contributed by atoms with Crippen LogP contribution >= 0.6 is 12.4 Å². The molecule has 14 heavy (non-hydrogen) atoms. The molecule has 1 aromatic carbocycles. The molecule has 0 heterocycles. The van der Waals surface area contributed by atoms with Crippen molar-refractivity contribution >= 4 is 12.4 Å². The van der Waals surface area contributed by atoms with E-state index in [1.165, 1.54) is 5.56 Å². The molecule has 1 rings (SSSR count). The lowest BCUT2D eigenvalue weighted by atomic mass is 10.1. The summed E-state index contributed by atoms with van der Waals surface area (Å²) in [4.78, 5) is 0. The van der Waals surface area contributed by atoms with Crippen molar-refractivity contribution in [3.63, 3.8) is 0 Å². The number of hydrogen-bond acceptors (Lipinski definition) is 2. The van der Waals surface area contributed by atoms with Gasteiger partial charge in [0.15, 0.2) is 0 Å². The summed E-state index contributed by atoms with van der Waals surface area (Å²) in [6, 6.07) is 10.3. The van der Waals surface area contributed by atoms with Crippen LogP contribution in [0.3, 0.4) is 0 Å². The van der Waals surface area contributed by atoms with Gasteiger partial charge in [0.2, 0.25) is 0 Å². The maximum Gasteiger partial charge on any atom is 0.0636 e. The summed E-state index contributed by atoms with van der Waals surface area (Å²) in [5, 5.41) is 12.2. The van der Waals surface area contributed by atoms with Crippen LogP contribution in [0.25, 0.3) is 0 Å². The number of rotatable bonds is 5. The molecule has 0 saturated heterocycles. The minimum Gasteiger partial charge on any atom is -0.392 e. The zero-order chi connectivity index (χ0) is 9.52. The van der Waals surface area contributed by atoms with E-state index in [1.807, 2.05) is 18.2 Å². The summed E-state index contributed by atoms with van der Waals surface area (Å²) >= 11 is 0. The maximum absolute atomic E-state index is 8.99. The molecule has 0 radical (unpaired) electrons. The average Bonchev–Trinajstić information content (AvgIpc) is 2.14. The lowest BCUT2D eigenvalue weighted by molar-refractivity contribution is 0.191. The van der Waals surface area contributed by atoms with E-state index in [4.69, 9.17) is 5.11 Å². The minimum atomic E-state index is -0.254. The van der Waals surface area contributed by atoms with Crippen molar-refractivity contribution in [2.75, 3.05) is 13.1 Å². The number of aliphatic hydroxyl groups excluding tert-OH is 1. The van der Waals surface area contributed by atoms with Gasteiger partial charge in [-0.3, -0.25) is 0 Å². The lowest BCUT2D eigenvalue weighted by Crippen LogP contribution is -2.26. The van der Waals surface area contributed by atoms with Crippen LogP contribution in [0.15, 0.2) is 30.3 Å². The fraction of sp³-hybridized carbons (Fsp3) is 0.455. The number of halogens is 1. The topological polar surface area (TPSA) is 32.3 Å². The van der Waals surface area contributed by atoms with Gasteiger partial charge in [-0.05, 0) is 25.5 Å². The highest BCUT2D eigenvalue weighted by atomic mass is 35.5. The van der Waals surface area contributed by atoms with Gasteiger partial charge in [-0.2, -0.15) is 0 Å². The Morgan fingerprint density at radius 2 is 1.93 bits per heavy atom. The number of nitrogens with one attached hydrogen (secondary N) is 1. The fourth-order valence-corrected chi connectivity index (χ4v) is 1.19. The van der Waals surface area contributed by atoms with E-state index in [1.54, 1.807) is 6.92 Å². The van der Waals surface area contributed by atoms with Crippen LogP contribution in [0.5, 0.6) is 0 Å². The van der Waals surface area contributed by atoms with Crippen molar-refractivity contribution in [2.45, 2.75) is 19.4 Å². The van der Waals surface area contributed by atoms with Crippen LogP contribution in [0.4, 0.5) is 0 Å². The molecule has 80 valence electrons. The summed E-state index contributed by atoms with van der Waals surface area (Å²) in [5.74, 6) is 0. The molecule has 0 aliphatic carbocycles. The second-order valence-electron chi connectivity index (χ2n) is 3.29. The van der Waals surface area contributed by atoms with Crippen molar-refractivity contribution in [1.29, 1.82) is 0 Å². The fourth-order valence-electron chi connectivity index (χ4n) is 1.19. The Kier molecular flexibility index (Phi) is 7.48. The number of benzene rings is 1. The second-order valence-corrected chi connectivity index (χ2v) is 3.29. The van der Waals surface area contributed by atoms with E-state index >= 15 is 0 Å². The Hall–Kier alpha value is -0.570. The van der Waals surface area contributed by atoms with Crippen LogP contribution < -0.4 is 5.32 Å². The summed E-state index contributed by atoms with van der Waals surface area (Å²) in [7, 11) is 0. The van der Waals surface area contributed by atoms with Crippen molar-refractivity contribution in [3.8, 4) is 0 Å². The third-order valence-corrected chi connectivity index (χ3v) is 1.87. The van der Waals surface area contributed by atoms with Gasteiger partial charge in [0.25, 0.3) is 0 Å². The van der Waals surface area contributed by atoms with Gasteiger partial charge in [-0.15, -0.1) is 12.4 Å². The molecule has 0 aliphatic rings. The van der Waals surface area contributed by atoms with E-state index in [2.05, 4.69) is 17.4 Å². The Balaban J connectivity index is 0.00000169. The predicted molar refractivity (Wildman–Crippen MR) is 61.9 cm³/mol. The first kappa shape index (κ1) is 13.4. The van der Waals surface area contributed by atoms with Gasteiger partial charge < -0.3 is 10.4 Å². The molecule has 0 saturated carbocycles. The van der Waals surface area contributed by atoms with Gasteiger partial charge in [0.05, 0.1) is 6.10 Å². The van der Waals surface area contributed by atoms with Crippen molar-refractivity contribution in [3.05, 3.63) is 35.9 Å². The minimum absolute atomic E-state index is 0. The first-order valence-electron chi connectivity index (χ1n) is 4.72. The number of aliphatic hydroxyl groups is 1. The average molecular weight is 216 g/mol. The standard InChI is InChI=1S/C11H17NO.ClH/c1-10(13)9-12-8-7-11-5-3-2-4-6-11;/h2-6,10,12-13H,7-9H2,1H3;1H. The Morgan fingerprint density at radius 3 is 2.50 bits per heavy atom. The molecular formula is C11H18ClNO. The maximum atomic E-state index is 8.99. The number of hydrogen-bond donors (Lipinski definition) is 2. The van der Waals surface area contributed by atoms with Crippen LogP contribution in [0.1, 0.15) is 12.5 Å². The molecule has 2 nitrogen and oxygen atoms in total. The third kappa shape index (κ3) is 5.97. The van der Waals surface area contributed by atoms with E-state index in [0.29, 0.717) is 6.54 Å². The van der Waals surface area contributed by atoms with Crippen molar-refractivity contribution < 1.29 is 5.11 Å². The van der Waals surface area contributed by atoms with Crippen LogP contribution in [0, 0.1) is 0 Å². The Bertz CT molecular complexity index is 226. The zero-order valence-corrected chi connectivity index (χ0v) is 9.26. The van der Waals surface area contributed by atoms with E-state index in [0.717, 1.165) is 13.0 Å². The van der Waals surface area contributed by atoms with Gasteiger partial charge in [0.1, 0.15) is 0 Å². The monoisotopic (exact) mass is 215 g/mol. The molecule has 2 N–H and O–H groups in total.